The second-order valence-corrected chi connectivity index (χ2v) is 4.92. The largest absolute Gasteiger partial charge is 0.469 e. The molecule has 1 aliphatic rings. The van der Waals surface area contributed by atoms with Crippen LogP contribution in [0.25, 0.3) is 0 Å². The number of hydrogen-bond acceptors (Lipinski definition) is 3. The summed E-state index contributed by atoms with van der Waals surface area (Å²) < 4.78 is 5.50. The highest BCUT2D eigenvalue weighted by Gasteiger charge is 2.22. The van der Waals surface area contributed by atoms with E-state index in [2.05, 4.69) is 17.5 Å². The van der Waals surface area contributed by atoms with Gasteiger partial charge in [0.15, 0.2) is 0 Å². The van der Waals surface area contributed by atoms with E-state index >= 15 is 0 Å². The monoisotopic (exact) mass is 252 g/mol. The van der Waals surface area contributed by atoms with Crippen LogP contribution in [-0.4, -0.2) is 0 Å². The van der Waals surface area contributed by atoms with Crippen molar-refractivity contribution < 1.29 is 4.42 Å². The zero-order chi connectivity index (χ0) is 13.1. The van der Waals surface area contributed by atoms with Gasteiger partial charge < -0.3 is 9.73 Å². The first-order chi connectivity index (χ1) is 9.36. The van der Waals surface area contributed by atoms with E-state index in [1.807, 2.05) is 24.3 Å². The number of fused-ring (bicyclic) bond motifs is 1. The zero-order valence-corrected chi connectivity index (χ0v) is 10.7. The van der Waals surface area contributed by atoms with Crippen LogP contribution in [0.2, 0.25) is 0 Å². The summed E-state index contributed by atoms with van der Waals surface area (Å²) in [5, 5.41) is 12.2. The molecule has 0 aliphatic heterocycles. The van der Waals surface area contributed by atoms with Gasteiger partial charge in [0.1, 0.15) is 5.76 Å². The molecule has 0 bridgehead atoms. The predicted octanol–water partition coefficient (Wildman–Crippen LogP) is 3.84. The lowest BCUT2D eigenvalue weighted by molar-refractivity contribution is 0.461. The van der Waals surface area contributed by atoms with Crippen LogP contribution in [0.1, 0.15) is 35.8 Å². The molecule has 19 heavy (non-hydrogen) atoms. The molecule has 1 heterocycles. The molecule has 2 aromatic rings. The SMILES string of the molecule is N#CCc1ccc(NC2CCCc3occc32)cc1. The first-order valence-corrected chi connectivity index (χ1v) is 6.65. The second-order valence-electron chi connectivity index (χ2n) is 4.92. The summed E-state index contributed by atoms with van der Waals surface area (Å²) in [6.07, 6.45) is 5.58. The maximum atomic E-state index is 8.66. The van der Waals surface area contributed by atoms with Gasteiger partial charge in [0.05, 0.1) is 24.8 Å². The smallest absolute Gasteiger partial charge is 0.109 e. The van der Waals surface area contributed by atoms with Crippen molar-refractivity contribution in [1.82, 2.24) is 0 Å². The van der Waals surface area contributed by atoms with Gasteiger partial charge in [-0.05, 0) is 36.6 Å². The molecule has 96 valence electrons. The Morgan fingerprint density at radius 1 is 1.26 bits per heavy atom. The van der Waals surface area contributed by atoms with E-state index in [9.17, 15) is 0 Å². The number of benzene rings is 1. The van der Waals surface area contributed by atoms with Gasteiger partial charge in [-0.3, -0.25) is 0 Å². The Bertz CT molecular complexity index is 592. The fourth-order valence-electron chi connectivity index (χ4n) is 2.65. The summed E-state index contributed by atoms with van der Waals surface area (Å²) in [6, 6.07) is 12.7. The fraction of sp³-hybridized carbons (Fsp3) is 0.312. The lowest BCUT2D eigenvalue weighted by Crippen LogP contribution is -2.15. The minimum absolute atomic E-state index is 0.337. The van der Waals surface area contributed by atoms with Gasteiger partial charge in [-0.25, -0.2) is 0 Å². The molecule has 3 rings (SSSR count). The molecule has 0 fully saturated rings. The fourth-order valence-corrected chi connectivity index (χ4v) is 2.65. The maximum absolute atomic E-state index is 8.66. The normalized spacial score (nSPS) is 17.5. The van der Waals surface area contributed by atoms with Crippen LogP contribution in [0.5, 0.6) is 0 Å². The summed E-state index contributed by atoms with van der Waals surface area (Å²) in [6.45, 7) is 0. The summed E-state index contributed by atoms with van der Waals surface area (Å²) in [5.41, 5.74) is 3.44. The quantitative estimate of drug-likeness (QED) is 0.903. The molecule has 1 N–H and O–H groups in total. The van der Waals surface area contributed by atoms with E-state index in [1.54, 1.807) is 6.26 Å². The van der Waals surface area contributed by atoms with Gasteiger partial charge in [0, 0.05) is 17.7 Å². The van der Waals surface area contributed by atoms with Crippen molar-refractivity contribution >= 4 is 5.69 Å². The number of aryl methyl sites for hydroxylation is 1. The molecule has 0 saturated carbocycles. The average molecular weight is 252 g/mol. The van der Waals surface area contributed by atoms with Crippen LogP contribution in [0.15, 0.2) is 41.0 Å². The highest BCUT2D eigenvalue weighted by Crippen LogP contribution is 2.33. The lowest BCUT2D eigenvalue weighted by atomic mass is 9.93. The summed E-state index contributed by atoms with van der Waals surface area (Å²) >= 11 is 0. The van der Waals surface area contributed by atoms with E-state index in [0.717, 1.165) is 36.3 Å². The van der Waals surface area contributed by atoms with Crippen molar-refractivity contribution in [2.75, 3.05) is 5.32 Å². The Labute approximate surface area is 112 Å². The standard InChI is InChI=1S/C16H16N2O/c17-10-8-12-4-6-13(7-5-12)18-15-2-1-3-16-14(15)9-11-19-16/h4-7,9,11,15,18H,1-3,8H2. The molecule has 1 atom stereocenters. The third-order valence-corrected chi connectivity index (χ3v) is 3.63. The van der Waals surface area contributed by atoms with Crippen LogP contribution < -0.4 is 5.32 Å². The Kier molecular flexibility index (Phi) is 3.24. The van der Waals surface area contributed by atoms with E-state index < -0.39 is 0 Å². The van der Waals surface area contributed by atoms with Gasteiger partial charge in [-0.1, -0.05) is 12.1 Å². The third kappa shape index (κ3) is 2.48. The zero-order valence-electron chi connectivity index (χ0n) is 10.7. The van der Waals surface area contributed by atoms with Gasteiger partial charge in [-0.2, -0.15) is 5.26 Å². The molecule has 1 aromatic carbocycles. The summed E-state index contributed by atoms with van der Waals surface area (Å²) in [5.74, 6) is 1.12. The molecule has 1 unspecified atom stereocenters. The molecule has 0 amide bonds. The maximum Gasteiger partial charge on any atom is 0.109 e. The first kappa shape index (κ1) is 11.9. The number of nitriles is 1. The number of furan rings is 1. The molecule has 1 aliphatic carbocycles. The number of rotatable bonds is 3. The number of nitrogens with one attached hydrogen (secondary N) is 1. The highest BCUT2D eigenvalue weighted by molar-refractivity contribution is 5.47. The van der Waals surface area contributed by atoms with E-state index in [4.69, 9.17) is 9.68 Å². The molecule has 1 aromatic heterocycles. The number of nitrogens with zero attached hydrogens (tertiary/aromatic N) is 1. The summed E-state index contributed by atoms with van der Waals surface area (Å²) in [4.78, 5) is 0. The molecular weight excluding hydrogens is 236 g/mol. The molecule has 0 saturated heterocycles. The number of hydrogen-bond donors (Lipinski definition) is 1. The Balaban J connectivity index is 1.74. The highest BCUT2D eigenvalue weighted by atomic mass is 16.3. The second kappa shape index (κ2) is 5.19. The van der Waals surface area contributed by atoms with Crippen LogP contribution in [0.3, 0.4) is 0 Å². The molecule has 3 nitrogen and oxygen atoms in total. The van der Waals surface area contributed by atoms with Crippen molar-refractivity contribution in [3.63, 3.8) is 0 Å². The van der Waals surface area contributed by atoms with Gasteiger partial charge >= 0.3 is 0 Å². The van der Waals surface area contributed by atoms with E-state index in [1.165, 1.54) is 5.56 Å². The Morgan fingerprint density at radius 3 is 2.89 bits per heavy atom. The first-order valence-electron chi connectivity index (χ1n) is 6.65. The predicted molar refractivity (Wildman–Crippen MR) is 73.8 cm³/mol. The molecule has 0 spiro atoms. The van der Waals surface area contributed by atoms with E-state index in [0.29, 0.717) is 12.5 Å². The third-order valence-electron chi connectivity index (χ3n) is 3.63. The molecular formula is C16H16N2O. The van der Waals surface area contributed by atoms with Gasteiger partial charge in [0.25, 0.3) is 0 Å². The molecule has 3 heteroatoms. The van der Waals surface area contributed by atoms with Crippen LogP contribution in [-0.2, 0) is 12.8 Å². The van der Waals surface area contributed by atoms with Crippen LogP contribution >= 0.6 is 0 Å². The van der Waals surface area contributed by atoms with Crippen molar-refractivity contribution in [3.05, 3.63) is 53.5 Å². The van der Waals surface area contributed by atoms with Crippen molar-refractivity contribution in [2.45, 2.75) is 31.7 Å². The van der Waals surface area contributed by atoms with Crippen LogP contribution in [0.4, 0.5) is 5.69 Å². The molecule has 0 radical (unpaired) electrons. The van der Waals surface area contributed by atoms with E-state index in [-0.39, 0.29) is 0 Å². The Morgan fingerprint density at radius 2 is 2.11 bits per heavy atom. The minimum atomic E-state index is 0.337. The Hall–Kier alpha value is -2.21. The van der Waals surface area contributed by atoms with Gasteiger partial charge in [-0.15, -0.1) is 0 Å². The van der Waals surface area contributed by atoms with Crippen molar-refractivity contribution in [2.24, 2.45) is 0 Å². The number of anilines is 1. The van der Waals surface area contributed by atoms with Crippen molar-refractivity contribution in [1.29, 1.82) is 5.26 Å². The van der Waals surface area contributed by atoms with Gasteiger partial charge in [0.2, 0.25) is 0 Å². The average Bonchev–Trinajstić information content (AvgIpc) is 2.91. The summed E-state index contributed by atoms with van der Waals surface area (Å²) in [7, 11) is 0. The van der Waals surface area contributed by atoms with Crippen LogP contribution in [0, 0.1) is 11.3 Å². The lowest BCUT2D eigenvalue weighted by Gasteiger charge is -2.23. The topological polar surface area (TPSA) is 49.0 Å². The van der Waals surface area contributed by atoms with Crippen molar-refractivity contribution in [3.8, 4) is 6.07 Å². The minimum Gasteiger partial charge on any atom is -0.469 e.